The highest BCUT2D eigenvalue weighted by Crippen LogP contribution is 1.70. The lowest BCUT2D eigenvalue weighted by Gasteiger charge is -1.70. The van der Waals surface area contributed by atoms with Crippen molar-refractivity contribution in [1.29, 1.82) is 0 Å². The van der Waals surface area contributed by atoms with E-state index in [1.807, 2.05) is 0 Å². The highest BCUT2D eigenvalue weighted by Gasteiger charge is 1.97. The molecule has 0 aromatic carbocycles. The molecule has 0 aromatic rings. The fraction of sp³-hybridized carbons (Fsp3) is 0. The lowest BCUT2D eigenvalue weighted by Crippen LogP contribution is -1.94. The number of rotatable bonds is 1. The lowest BCUT2D eigenvalue weighted by atomic mass is 15.8. The second kappa shape index (κ2) is 2.16. The Morgan fingerprint density at radius 1 is 2.00 bits per heavy atom. The molecule has 5 heteroatoms. The minimum atomic E-state index is -2.86. The topological polar surface area (TPSA) is 46.5 Å². The summed E-state index contributed by atoms with van der Waals surface area (Å²) in [6.45, 7) is 0. The molecule has 0 bridgehead atoms. The molecule has 0 amide bonds. The third kappa shape index (κ3) is 3.91. The molecule has 0 aliphatic rings. The predicted molar refractivity (Wildman–Crippen MR) is 15.6 cm³/mol. The molecular weight excluding hydrogens is 112 g/mol. The Bertz CT molecular complexity index is 42.2. The Kier molecular flexibility index (Phi) is 2.12. The summed E-state index contributed by atoms with van der Waals surface area (Å²) in [5.74, 6) is 0. The molecule has 0 spiro atoms. The summed E-state index contributed by atoms with van der Waals surface area (Å²) in [6, 6.07) is 0. The number of halogens is 1. The average Bonchev–Trinajstić information content (AvgIpc) is 1.38. The first-order valence-electron chi connectivity index (χ1n) is 0.786. The van der Waals surface area contributed by atoms with Gasteiger partial charge in [-0.15, -0.1) is 0 Å². The van der Waals surface area contributed by atoms with Gasteiger partial charge in [-0.05, 0) is 0 Å². The Morgan fingerprint density at radius 2 is 2.20 bits per heavy atom. The first-order valence-corrected chi connectivity index (χ1v) is 2.36. The SMILES string of the molecule is O=[Si](O)OCl. The molecule has 1 N–H and O–H groups in total. The van der Waals surface area contributed by atoms with Crippen molar-refractivity contribution in [3.8, 4) is 0 Å². The summed E-state index contributed by atoms with van der Waals surface area (Å²) in [7, 11) is -2.86. The fourth-order valence-corrected chi connectivity index (χ4v) is 0. The van der Waals surface area contributed by atoms with Crippen molar-refractivity contribution in [2.24, 2.45) is 0 Å². The van der Waals surface area contributed by atoms with E-state index in [-0.39, 0.29) is 0 Å². The van der Waals surface area contributed by atoms with E-state index in [0.29, 0.717) is 0 Å². The predicted octanol–water partition coefficient (Wildman–Crippen LogP) is -0.436. The van der Waals surface area contributed by atoms with E-state index in [2.05, 4.69) is 15.8 Å². The van der Waals surface area contributed by atoms with Crippen molar-refractivity contribution in [1.82, 2.24) is 0 Å². The highest BCUT2D eigenvalue weighted by atomic mass is 35.5. The second-order valence-corrected chi connectivity index (χ2v) is 1.49. The van der Waals surface area contributed by atoms with Crippen LogP contribution < -0.4 is 0 Å². The minimum absolute atomic E-state index is 2.86. The van der Waals surface area contributed by atoms with E-state index in [9.17, 15) is 4.46 Å². The van der Waals surface area contributed by atoms with Crippen LogP contribution in [0.25, 0.3) is 0 Å². The smallest absolute Gasteiger partial charge is 0.511 e. The van der Waals surface area contributed by atoms with Gasteiger partial charge in [-0.25, -0.2) is 0 Å². The van der Waals surface area contributed by atoms with Crippen LogP contribution >= 0.6 is 11.9 Å². The second-order valence-electron chi connectivity index (χ2n) is 0.343. The maximum atomic E-state index is 9.20. The van der Waals surface area contributed by atoms with Gasteiger partial charge in [-0.3, -0.25) is 4.46 Å². The zero-order valence-corrected chi connectivity index (χ0v) is 3.90. The van der Waals surface area contributed by atoms with Crippen LogP contribution in [0, 0.1) is 0 Å². The van der Waals surface area contributed by atoms with Crippen molar-refractivity contribution >= 4 is 21.0 Å². The van der Waals surface area contributed by atoms with Crippen molar-refractivity contribution < 1.29 is 13.2 Å². The molecule has 0 rings (SSSR count). The van der Waals surface area contributed by atoms with Gasteiger partial charge < -0.3 is 8.77 Å². The first-order chi connectivity index (χ1) is 2.27. The maximum Gasteiger partial charge on any atom is 0.784 e. The van der Waals surface area contributed by atoms with Crippen molar-refractivity contribution in [2.45, 2.75) is 0 Å². The van der Waals surface area contributed by atoms with Crippen LogP contribution in [0.5, 0.6) is 0 Å². The molecule has 0 fully saturated rings. The van der Waals surface area contributed by atoms with Gasteiger partial charge in [0.25, 0.3) is 0 Å². The molecule has 0 saturated heterocycles. The molecule has 0 saturated carbocycles. The van der Waals surface area contributed by atoms with Crippen LogP contribution in [0.4, 0.5) is 0 Å². The molecule has 0 aromatic heterocycles. The highest BCUT2D eigenvalue weighted by molar-refractivity contribution is 6.34. The monoisotopic (exact) mass is 112 g/mol. The zero-order chi connectivity index (χ0) is 4.28. The van der Waals surface area contributed by atoms with Crippen LogP contribution in [-0.4, -0.2) is 14.0 Å². The molecule has 0 atom stereocenters. The van der Waals surface area contributed by atoms with Gasteiger partial charge in [-0.1, -0.05) is 0 Å². The van der Waals surface area contributed by atoms with Crippen LogP contribution in [0.2, 0.25) is 0 Å². The van der Waals surface area contributed by atoms with Crippen LogP contribution in [0.15, 0.2) is 0 Å². The summed E-state index contributed by atoms with van der Waals surface area (Å²) in [5, 5.41) is 0. The largest absolute Gasteiger partial charge is 0.784 e. The molecule has 0 aliphatic heterocycles. The Balaban J connectivity index is 2.85. The summed E-state index contributed by atoms with van der Waals surface area (Å²) in [5.41, 5.74) is 0. The van der Waals surface area contributed by atoms with E-state index in [4.69, 9.17) is 4.80 Å². The quantitative estimate of drug-likeness (QED) is 0.468. The fourth-order valence-electron chi connectivity index (χ4n) is 0. The maximum absolute atomic E-state index is 9.20. The van der Waals surface area contributed by atoms with Crippen LogP contribution in [-0.2, 0) is 8.44 Å². The van der Waals surface area contributed by atoms with Crippen LogP contribution in [0.1, 0.15) is 0 Å². The van der Waals surface area contributed by atoms with Gasteiger partial charge in [0.2, 0.25) is 0 Å². The summed E-state index contributed by atoms with van der Waals surface area (Å²) >= 11 is 4.32. The van der Waals surface area contributed by atoms with Gasteiger partial charge in [0.05, 0.1) is 0 Å². The zero-order valence-electron chi connectivity index (χ0n) is 2.14. The van der Waals surface area contributed by atoms with Crippen LogP contribution in [0.3, 0.4) is 0 Å². The summed E-state index contributed by atoms with van der Waals surface area (Å²) in [6.07, 6.45) is 0. The van der Waals surface area contributed by atoms with Gasteiger partial charge in [0.15, 0.2) is 0 Å². The third-order valence-corrected chi connectivity index (χ3v) is 0.594. The standard InChI is InChI=1S/ClHO3Si/c1-4-5(2)3/h2H. The molecular formula is HClO3Si. The molecule has 0 aliphatic carbocycles. The van der Waals surface area contributed by atoms with E-state index < -0.39 is 9.17 Å². The van der Waals surface area contributed by atoms with Gasteiger partial charge in [0.1, 0.15) is 11.9 Å². The Morgan fingerprint density at radius 3 is 2.20 bits per heavy atom. The Hall–Kier alpha value is -0.0931. The molecule has 30 valence electrons. The van der Waals surface area contributed by atoms with Gasteiger partial charge in [0, 0.05) is 0 Å². The molecule has 3 nitrogen and oxygen atoms in total. The van der Waals surface area contributed by atoms with Crippen molar-refractivity contribution in [3.05, 3.63) is 0 Å². The lowest BCUT2D eigenvalue weighted by molar-refractivity contribution is 0.352. The molecule has 0 unspecified atom stereocenters. The number of hydrogen-bond acceptors (Lipinski definition) is 2. The first kappa shape index (κ1) is 4.91. The normalized spacial score (nSPS) is 6.60. The Labute approximate surface area is 35.2 Å². The van der Waals surface area contributed by atoms with E-state index in [1.54, 1.807) is 0 Å². The van der Waals surface area contributed by atoms with E-state index >= 15 is 0 Å². The number of hydrogen-bond donors (Lipinski definition) is 1. The molecule has 5 heavy (non-hydrogen) atoms. The molecule has 0 radical (unpaired) electrons. The van der Waals surface area contributed by atoms with Gasteiger partial charge >= 0.3 is 9.17 Å². The summed E-state index contributed by atoms with van der Waals surface area (Å²) < 4.78 is 12.5. The third-order valence-electron chi connectivity index (χ3n) is 0.0660. The van der Waals surface area contributed by atoms with Crippen molar-refractivity contribution in [2.75, 3.05) is 0 Å². The average molecular weight is 113 g/mol. The summed E-state index contributed by atoms with van der Waals surface area (Å²) in [4.78, 5) is 7.55. The van der Waals surface area contributed by atoms with E-state index in [1.165, 1.54) is 0 Å². The minimum Gasteiger partial charge on any atom is -0.511 e. The van der Waals surface area contributed by atoms with E-state index in [0.717, 1.165) is 0 Å². The van der Waals surface area contributed by atoms with Gasteiger partial charge in [-0.2, -0.15) is 0 Å². The molecule has 0 heterocycles. The van der Waals surface area contributed by atoms with Crippen molar-refractivity contribution in [3.63, 3.8) is 0 Å².